The van der Waals surface area contributed by atoms with Crippen molar-refractivity contribution in [2.24, 2.45) is 5.73 Å². The molecule has 236 valence electrons. The Kier molecular flexibility index (Phi) is 9.08. The number of nitrogens with zero attached hydrogens (tertiary/aromatic N) is 5. The van der Waals surface area contributed by atoms with Crippen molar-refractivity contribution in [1.29, 1.82) is 0 Å². The van der Waals surface area contributed by atoms with Gasteiger partial charge in [-0.15, -0.1) is 17.9 Å². The zero-order valence-corrected chi connectivity index (χ0v) is 26.1. The maximum atomic E-state index is 14.3. The van der Waals surface area contributed by atoms with Crippen LogP contribution in [0.2, 0.25) is 0 Å². The van der Waals surface area contributed by atoms with Crippen LogP contribution in [0.15, 0.2) is 91.0 Å². The van der Waals surface area contributed by atoms with E-state index in [-0.39, 0.29) is 50.2 Å². The lowest BCUT2D eigenvalue weighted by Crippen LogP contribution is -2.75. The first-order valence-electron chi connectivity index (χ1n) is 15.1. The fourth-order valence-corrected chi connectivity index (χ4v) is 7.01. The number of para-hydroxylation sites is 1. The number of nitrogens with two attached hydrogens (primary N) is 1. The van der Waals surface area contributed by atoms with Gasteiger partial charge in [0.05, 0.1) is 28.8 Å². The number of urea groups is 1. The number of rotatable bonds is 10. The van der Waals surface area contributed by atoms with Gasteiger partial charge in [0.2, 0.25) is 17.7 Å². The molecule has 2 aliphatic heterocycles. The van der Waals surface area contributed by atoms with Gasteiger partial charge in [-0.05, 0) is 41.3 Å². The van der Waals surface area contributed by atoms with Crippen molar-refractivity contribution in [3.05, 3.63) is 108 Å². The number of thiazole rings is 1. The molecule has 11 nitrogen and oxygen atoms in total. The molecule has 4 aromatic rings. The number of piperazine rings is 1. The van der Waals surface area contributed by atoms with Gasteiger partial charge in [0.1, 0.15) is 12.2 Å². The monoisotopic (exact) mass is 637 g/mol. The van der Waals surface area contributed by atoms with Gasteiger partial charge in [0, 0.05) is 31.6 Å². The molecule has 5 amide bonds. The summed E-state index contributed by atoms with van der Waals surface area (Å²) in [5.74, 6) is -0.569. The van der Waals surface area contributed by atoms with E-state index in [1.54, 1.807) is 55.7 Å². The summed E-state index contributed by atoms with van der Waals surface area (Å²) in [7, 11) is 0. The van der Waals surface area contributed by atoms with Crippen LogP contribution in [-0.2, 0) is 33.8 Å². The van der Waals surface area contributed by atoms with Crippen LogP contribution in [-0.4, -0.2) is 80.4 Å². The van der Waals surface area contributed by atoms with Crippen molar-refractivity contribution in [2.45, 2.75) is 38.0 Å². The van der Waals surface area contributed by atoms with E-state index < -0.39 is 18.2 Å². The third kappa shape index (κ3) is 6.49. The van der Waals surface area contributed by atoms with E-state index >= 15 is 0 Å². The summed E-state index contributed by atoms with van der Waals surface area (Å²) >= 11 is 1.53. The molecule has 3 aromatic carbocycles. The smallest absolute Gasteiger partial charge is 0.316 e. The van der Waals surface area contributed by atoms with Crippen molar-refractivity contribution in [2.75, 3.05) is 25.0 Å². The first-order chi connectivity index (χ1) is 22.3. The molecule has 12 heteroatoms. The minimum Gasteiger partial charge on any atom is -0.351 e. The Balaban J connectivity index is 1.35. The molecule has 46 heavy (non-hydrogen) atoms. The first kappa shape index (κ1) is 30.9. The van der Waals surface area contributed by atoms with Crippen molar-refractivity contribution in [1.82, 2.24) is 24.8 Å². The molecule has 0 radical (unpaired) electrons. The van der Waals surface area contributed by atoms with E-state index in [2.05, 4.69) is 16.9 Å². The van der Waals surface area contributed by atoms with E-state index in [0.717, 1.165) is 26.9 Å². The number of hydrogen-bond acceptors (Lipinski definition) is 7. The SMILES string of the molecule is C=CCN1CC(=O)N2[C@@H](Cc3ccc(NC(N)=O)cc3)C(=O)N(Cc3cccc4scnc34)C[C@@H]2N1C(=O)CCc1ccccc1. The molecule has 0 aliphatic carbocycles. The van der Waals surface area contributed by atoms with Gasteiger partial charge in [0.25, 0.3) is 0 Å². The lowest BCUT2D eigenvalue weighted by atomic mass is 9.97. The van der Waals surface area contributed by atoms with E-state index in [1.807, 2.05) is 48.5 Å². The van der Waals surface area contributed by atoms with E-state index in [9.17, 15) is 19.2 Å². The minimum absolute atomic E-state index is 0.0526. The maximum Gasteiger partial charge on any atom is 0.316 e. The van der Waals surface area contributed by atoms with Gasteiger partial charge in [-0.3, -0.25) is 14.4 Å². The number of nitrogens with one attached hydrogen (secondary N) is 1. The van der Waals surface area contributed by atoms with Crippen LogP contribution in [0.5, 0.6) is 0 Å². The van der Waals surface area contributed by atoms with Crippen LogP contribution in [0.4, 0.5) is 10.5 Å². The summed E-state index contributed by atoms with van der Waals surface area (Å²) in [4.78, 5) is 61.4. The van der Waals surface area contributed by atoms with Gasteiger partial charge in [-0.2, -0.15) is 0 Å². The number of hydrazine groups is 1. The summed E-state index contributed by atoms with van der Waals surface area (Å²) in [6.07, 6.45) is 1.97. The highest BCUT2D eigenvalue weighted by molar-refractivity contribution is 7.16. The van der Waals surface area contributed by atoms with Crippen molar-refractivity contribution >= 4 is 51.0 Å². The summed E-state index contributed by atoms with van der Waals surface area (Å²) in [5, 5.41) is 5.94. The van der Waals surface area contributed by atoms with Crippen LogP contribution < -0.4 is 11.1 Å². The summed E-state index contributed by atoms with van der Waals surface area (Å²) < 4.78 is 1.02. The summed E-state index contributed by atoms with van der Waals surface area (Å²) in [6.45, 7) is 4.54. The largest absolute Gasteiger partial charge is 0.351 e. The molecule has 0 spiro atoms. The molecular formula is C34H35N7O4S. The molecule has 2 saturated heterocycles. The van der Waals surface area contributed by atoms with Gasteiger partial charge >= 0.3 is 6.03 Å². The molecule has 2 atom stereocenters. The molecule has 3 N–H and O–H groups in total. The molecule has 2 fully saturated rings. The minimum atomic E-state index is -0.855. The molecule has 2 aliphatic rings. The van der Waals surface area contributed by atoms with Crippen LogP contribution >= 0.6 is 11.3 Å². The lowest BCUT2D eigenvalue weighted by Gasteiger charge is -2.55. The zero-order chi connectivity index (χ0) is 32.2. The average Bonchev–Trinajstić information content (AvgIpc) is 3.53. The number of primary amides is 1. The Morgan fingerprint density at radius 1 is 1.02 bits per heavy atom. The molecule has 1 aromatic heterocycles. The zero-order valence-electron chi connectivity index (χ0n) is 25.2. The van der Waals surface area contributed by atoms with Crippen LogP contribution in [0, 0.1) is 0 Å². The standard InChI is InChI=1S/C34H35N7O4S/c1-2-17-39-21-31(43)40-27(18-24-11-14-26(15-12-24)37-34(35)45)33(44)38(19-25-9-6-10-28-32(25)36-22-46-28)20-29(40)41(39)30(42)16-13-23-7-4-3-5-8-23/h2-12,14-15,22,27,29H,1,13,16-21H2,(H3,35,37,45)/t27-,29-/m0/s1. The molecular weight excluding hydrogens is 602 g/mol. The third-order valence-corrected chi connectivity index (χ3v) is 9.15. The first-order valence-corrected chi connectivity index (χ1v) is 16.0. The number of aryl methyl sites for hydroxylation is 1. The number of carbonyl (C=O) groups excluding carboxylic acids is 4. The Morgan fingerprint density at radius 3 is 2.54 bits per heavy atom. The van der Waals surface area contributed by atoms with Crippen LogP contribution in [0.3, 0.4) is 0 Å². The van der Waals surface area contributed by atoms with E-state index in [4.69, 9.17) is 5.73 Å². The molecule has 0 bridgehead atoms. The fourth-order valence-electron chi connectivity index (χ4n) is 6.28. The molecule has 0 saturated carbocycles. The topological polar surface area (TPSA) is 132 Å². The second kappa shape index (κ2) is 13.5. The van der Waals surface area contributed by atoms with Crippen LogP contribution in [0.1, 0.15) is 23.1 Å². The second-order valence-electron chi connectivity index (χ2n) is 11.4. The number of benzene rings is 3. The quantitative estimate of drug-likeness (QED) is 0.255. The van der Waals surface area contributed by atoms with Crippen molar-refractivity contribution in [3.8, 4) is 0 Å². The highest BCUT2D eigenvalue weighted by Gasteiger charge is 2.51. The Morgan fingerprint density at radius 2 is 1.80 bits per heavy atom. The Bertz CT molecular complexity index is 1760. The van der Waals surface area contributed by atoms with Gasteiger partial charge in [0.15, 0.2) is 0 Å². The Labute approximate surface area is 270 Å². The molecule has 0 unspecified atom stereocenters. The number of amides is 5. The van der Waals surface area contributed by atoms with E-state index in [0.29, 0.717) is 18.7 Å². The second-order valence-corrected chi connectivity index (χ2v) is 12.3. The number of aromatic nitrogens is 1. The van der Waals surface area contributed by atoms with Crippen LogP contribution in [0.25, 0.3) is 10.2 Å². The Hall–Kier alpha value is -5.07. The van der Waals surface area contributed by atoms with Crippen molar-refractivity contribution < 1.29 is 19.2 Å². The lowest BCUT2D eigenvalue weighted by molar-refractivity contribution is -0.205. The highest BCUT2D eigenvalue weighted by Crippen LogP contribution is 2.31. The maximum absolute atomic E-state index is 14.3. The predicted octanol–water partition coefficient (Wildman–Crippen LogP) is 3.77. The highest BCUT2D eigenvalue weighted by atomic mass is 32.1. The van der Waals surface area contributed by atoms with E-state index in [1.165, 1.54) is 11.3 Å². The summed E-state index contributed by atoms with van der Waals surface area (Å²) in [5.41, 5.74) is 11.1. The fraction of sp³-hybridized carbons (Fsp3) is 0.265. The van der Waals surface area contributed by atoms with Gasteiger partial charge in [-0.1, -0.05) is 60.7 Å². The normalized spacial score (nSPS) is 18.5. The predicted molar refractivity (Wildman–Crippen MR) is 176 cm³/mol. The number of fused-ring (bicyclic) bond motifs is 2. The number of carbonyl (C=O) groups is 4. The number of hydrogen-bond donors (Lipinski definition) is 2. The van der Waals surface area contributed by atoms with Crippen molar-refractivity contribution in [3.63, 3.8) is 0 Å². The molecule has 3 heterocycles. The molecule has 6 rings (SSSR count). The average molecular weight is 638 g/mol. The third-order valence-electron chi connectivity index (χ3n) is 8.35. The van der Waals surface area contributed by atoms with Gasteiger partial charge < -0.3 is 20.9 Å². The number of anilines is 1. The van der Waals surface area contributed by atoms with Gasteiger partial charge in [-0.25, -0.2) is 19.8 Å². The summed E-state index contributed by atoms with van der Waals surface area (Å²) in [6, 6.07) is 21.2.